The van der Waals surface area contributed by atoms with Crippen molar-refractivity contribution >= 4 is 23.5 Å². The monoisotopic (exact) mass is 365 g/mol. The molecule has 1 aliphatic heterocycles. The summed E-state index contributed by atoms with van der Waals surface area (Å²) in [7, 11) is 0. The molecular weight excluding hydrogens is 336 g/mol. The Morgan fingerprint density at radius 1 is 1.08 bits per heavy atom. The Morgan fingerprint density at radius 2 is 1.69 bits per heavy atom. The Bertz CT molecular complexity index is 657. The van der Waals surface area contributed by atoms with Gasteiger partial charge in [0.1, 0.15) is 11.3 Å². The second kappa shape index (κ2) is 9.52. The number of rotatable bonds is 6. The first-order chi connectivity index (χ1) is 12.4. The molecule has 1 aliphatic rings. The number of aryl methyl sites for hydroxylation is 1. The van der Waals surface area contributed by atoms with Crippen LogP contribution >= 0.6 is 0 Å². The number of amides is 1. The standard InChI is InChI=1S/C19H28N2O5/c1-4-25-19(24)17-16(13(2)22)14(3)26-18(17)20-15(23)12-21-10-8-6-5-7-9-11-21/h4-12H2,1-3H3,(H,20,23)/p+1. The van der Waals surface area contributed by atoms with Crippen molar-refractivity contribution in [1.82, 2.24) is 0 Å². The predicted molar refractivity (Wildman–Crippen MR) is 96.7 cm³/mol. The maximum atomic E-state index is 12.5. The third-order valence-electron chi connectivity index (χ3n) is 4.64. The van der Waals surface area contributed by atoms with Gasteiger partial charge in [-0.05, 0) is 46.5 Å². The first-order valence-electron chi connectivity index (χ1n) is 9.38. The van der Waals surface area contributed by atoms with E-state index in [0.717, 1.165) is 25.9 Å². The van der Waals surface area contributed by atoms with Crippen LogP contribution in [0, 0.1) is 6.92 Å². The van der Waals surface area contributed by atoms with Gasteiger partial charge < -0.3 is 14.1 Å². The molecule has 2 N–H and O–H groups in total. The molecule has 0 atom stereocenters. The molecule has 0 radical (unpaired) electrons. The lowest BCUT2D eigenvalue weighted by Crippen LogP contribution is -3.13. The van der Waals surface area contributed by atoms with Gasteiger partial charge in [-0.3, -0.25) is 14.9 Å². The number of ketones is 1. The van der Waals surface area contributed by atoms with E-state index in [0.29, 0.717) is 12.3 Å². The molecule has 0 unspecified atom stereocenters. The third-order valence-corrected chi connectivity index (χ3v) is 4.64. The van der Waals surface area contributed by atoms with Gasteiger partial charge in [0, 0.05) is 0 Å². The average molecular weight is 365 g/mol. The Morgan fingerprint density at radius 3 is 2.27 bits per heavy atom. The summed E-state index contributed by atoms with van der Waals surface area (Å²) in [5, 5.41) is 2.67. The Labute approximate surface area is 154 Å². The second-order valence-electron chi connectivity index (χ2n) is 6.76. The average Bonchev–Trinajstić information content (AvgIpc) is 2.86. The molecule has 7 heteroatoms. The zero-order valence-corrected chi connectivity index (χ0v) is 15.9. The van der Waals surface area contributed by atoms with Crippen LogP contribution in [0.25, 0.3) is 0 Å². The fourth-order valence-electron chi connectivity index (χ4n) is 3.43. The molecule has 0 aliphatic carbocycles. The molecular formula is C19H29N2O5+. The van der Waals surface area contributed by atoms with Crippen molar-refractivity contribution < 1.29 is 28.4 Å². The Kier molecular flexibility index (Phi) is 7.38. The lowest BCUT2D eigenvalue weighted by Gasteiger charge is -2.21. The van der Waals surface area contributed by atoms with Gasteiger partial charge in [-0.1, -0.05) is 6.42 Å². The number of esters is 1. The number of hydrogen-bond acceptors (Lipinski definition) is 5. The number of carbonyl (C=O) groups is 3. The fourth-order valence-corrected chi connectivity index (χ4v) is 3.43. The number of anilines is 1. The van der Waals surface area contributed by atoms with E-state index in [1.165, 1.54) is 31.1 Å². The van der Waals surface area contributed by atoms with Gasteiger partial charge in [0.05, 0.1) is 25.3 Å². The lowest BCUT2D eigenvalue weighted by molar-refractivity contribution is -0.892. The van der Waals surface area contributed by atoms with Gasteiger partial charge in [-0.15, -0.1) is 0 Å². The number of ether oxygens (including phenoxy) is 1. The van der Waals surface area contributed by atoms with Crippen LogP contribution in [0.15, 0.2) is 4.42 Å². The molecule has 7 nitrogen and oxygen atoms in total. The van der Waals surface area contributed by atoms with Gasteiger partial charge >= 0.3 is 5.97 Å². The van der Waals surface area contributed by atoms with Gasteiger partial charge in [0.25, 0.3) is 5.91 Å². The summed E-state index contributed by atoms with van der Waals surface area (Å²) < 4.78 is 10.5. The van der Waals surface area contributed by atoms with Crippen molar-refractivity contribution in [2.75, 3.05) is 31.6 Å². The van der Waals surface area contributed by atoms with Crippen LogP contribution < -0.4 is 10.2 Å². The van der Waals surface area contributed by atoms with Gasteiger partial charge in [-0.25, -0.2) is 4.79 Å². The minimum Gasteiger partial charge on any atom is -0.462 e. The van der Waals surface area contributed by atoms with E-state index in [2.05, 4.69) is 5.32 Å². The summed E-state index contributed by atoms with van der Waals surface area (Å²) in [4.78, 5) is 37.9. The molecule has 0 aromatic carbocycles. The molecule has 144 valence electrons. The number of likely N-dealkylation sites (tertiary alicyclic amines) is 1. The van der Waals surface area contributed by atoms with Crippen LogP contribution in [0.3, 0.4) is 0 Å². The van der Waals surface area contributed by atoms with Gasteiger partial charge in [-0.2, -0.15) is 0 Å². The largest absolute Gasteiger partial charge is 0.462 e. The van der Waals surface area contributed by atoms with E-state index in [1.807, 2.05) is 0 Å². The molecule has 2 rings (SSSR count). The van der Waals surface area contributed by atoms with Crippen LogP contribution in [-0.2, 0) is 9.53 Å². The van der Waals surface area contributed by atoms with E-state index in [-0.39, 0.29) is 35.3 Å². The number of Topliss-reactive ketones (excluding diaryl/α,β-unsaturated/α-hetero) is 1. The van der Waals surface area contributed by atoms with E-state index in [1.54, 1.807) is 13.8 Å². The molecule has 1 amide bonds. The maximum absolute atomic E-state index is 12.5. The molecule has 0 saturated carbocycles. The van der Waals surface area contributed by atoms with E-state index in [9.17, 15) is 14.4 Å². The summed E-state index contributed by atoms with van der Waals surface area (Å²) in [5.74, 6) is -0.889. The summed E-state index contributed by atoms with van der Waals surface area (Å²) >= 11 is 0. The Hall–Kier alpha value is -2.15. The smallest absolute Gasteiger partial charge is 0.344 e. The first kappa shape index (κ1) is 20.2. The van der Waals surface area contributed by atoms with Crippen LogP contribution in [0.5, 0.6) is 0 Å². The summed E-state index contributed by atoms with van der Waals surface area (Å²) in [5.41, 5.74) is 0.172. The third kappa shape index (κ3) is 5.17. The molecule has 26 heavy (non-hydrogen) atoms. The van der Waals surface area contributed by atoms with Crippen molar-refractivity contribution in [3.8, 4) is 0 Å². The van der Waals surface area contributed by atoms with Crippen LogP contribution in [-0.4, -0.2) is 43.9 Å². The normalized spacial score (nSPS) is 15.8. The van der Waals surface area contributed by atoms with Crippen LogP contribution in [0.4, 0.5) is 5.88 Å². The SMILES string of the molecule is CCOC(=O)c1c(NC(=O)C[NH+]2CCCCCCC2)oc(C)c1C(C)=O. The molecule has 1 aromatic heterocycles. The van der Waals surface area contributed by atoms with E-state index in [4.69, 9.17) is 9.15 Å². The quantitative estimate of drug-likeness (QED) is 0.592. The molecule has 1 fully saturated rings. The minimum absolute atomic E-state index is 0.00240. The Balaban J connectivity index is 2.14. The summed E-state index contributed by atoms with van der Waals surface area (Å²) in [6.07, 6.45) is 5.91. The highest BCUT2D eigenvalue weighted by molar-refractivity contribution is 6.10. The van der Waals surface area contributed by atoms with Gasteiger partial charge in [0.15, 0.2) is 12.3 Å². The predicted octanol–water partition coefficient (Wildman–Crippen LogP) is 1.75. The highest BCUT2D eigenvalue weighted by Crippen LogP contribution is 2.28. The van der Waals surface area contributed by atoms with Crippen LogP contribution in [0.2, 0.25) is 0 Å². The molecule has 2 heterocycles. The van der Waals surface area contributed by atoms with Crippen molar-refractivity contribution in [2.45, 2.75) is 52.9 Å². The highest BCUT2D eigenvalue weighted by atomic mass is 16.5. The van der Waals surface area contributed by atoms with Crippen molar-refractivity contribution in [3.63, 3.8) is 0 Å². The molecule has 1 aromatic rings. The lowest BCUT2D eigenvalue weighted by atomic mass is 10.1. The summed E-state index contributed by atoms with van der Waals surface area (Å²) in [6, 6.07) is 0. The fraction of sp³-hybridized carbons (Fsp3) is 0.632. The number of hydrogen-bond donors (Lipinski definition) is 2. The van der Waals surface area contributed by atoms with Crippen molar-refractivity contribution in [2.24, 2.45) is 0 Å². The van der Waals surface area contributed by atoms with Crippen LogP contribution in [0.1, 0.15) is 72.4 Å². The first-order valence-corrected chi connectivity index (χ1v) is 9.38. The highest BCUT2D eigenvalue weighted by Gasteiger charge is 2.29. The summed E-state index contributed by atoms with van der Waals surface area (Å²) in [6.45, 7) is 7.06. The molecule has 0 spiro atoms. The van der Waals surface area contributed by atoms with Crippen molar-refractivity contribution in [3.05, 3.63) is 16.9 Å². The van der Waals surface area contributed by atoms with E-state index >= 15 is 0 Å². The second-order valence-corrected chi connectivity index (χ2v) is 6.76. The maximum Gasteiger partial charge on any atom is 0.344 e. The molecule has 0 bridgehead atoms. The zero-order valence-electron chi connectivity index (χ0n) is 15.9. The number of quaternary nitrogens is 1. The number of furan rings is 1. The van der Waals surface area contributed by atoms with Crippen molar-refractivity contribution in [1.29, 1.82) is 0 Å². The number of carbonyl (C=O) groups excluding carboxylic acids is 3. The zero-order chi connectivity index (χ0) is 19.1. The van der Waals surface area contributed by atoms with E-state index < -0.39 is 5.97 Å². The topological polar surface area (TPSA) is 90.0 Å². The van der Waals surface area contributed by atoms with Gasteiger partial charge in [0.2, 0.25) is 5.88 Å². The minimum atomic E-state index is -0.663. The number of nitrogens with one attached hydrogen (secondary N) is 2. The molecule has 1 saturated heterocycles.